The number of carbonyl (C=O) groups excluding carboxylic acids is 2. The molecule has 0 bridgehead atoms. The monoisotopic (exact) mass is 532 g/mol. The van der Waals surface area contributed by atoms with E-state index in [1.807, 2.05) is 67.5 Å². The van der Waals surface area contributed by atoms with Crippen molar-refractivity contribution in [2.75, 3.05) is 0 Å². The van der Waals surface area contributed by atoms with Gasteiger partial charge < -0.3 is 20.1 Å². The maximum atomic E-state index is 12.4. The van der Waals surface area contributed by atoms with Crippen molar-refractivity contribution < 1.29 is 29.6 Å². The second kappa shape index (κ2) is 12.6. The summed E-state index contributed by atoms with van der Waals surface area (Å²) in [4.78, 5) is 24.2. The molecule has 2 aliphatic rings. The van der Waals surface area contributed by atoms with Crippen LogP contribution in [0.15, 0.2) is 34.9 Å². The third-order valence-electron chi connectivity index (χ3n) is 9.51. The predicted molar refractivity (Wildman–Crippen MR) is 151 cm³/mol. The molecule has 6 heteroatoms. The molecular formula is C32H52O6. The standard InChI is InChI=1S/C32H52O6/c1-20(11-14-27-31(7,8)29(37)16-17-32(27,9)38-23(4)33)10-13-24(34)18-22(3)26(35)19-25-21(2)12-15-28(36)30(25,5)6/h10,12,18,24-27,29,34-35,37H,11,13-17,19H2,1-9H3/b20-10?,22-18+/t24-,25-,26+,27+,29+,32+/m1/s1. The van der Waals surface area contributed by atoms with Crippen LogP contribution in [0.25, 0.3) is 0 Å². The Morgan fingerprint density at radius 1 is 1.16 bits per heavy atom. The molecule has 3 N–H and O–H groups in total. The van der Waals surface area contributed by atoms with Gasteiger partial charge >= 0.3 is 5.97 Å². The van der Waals surface area contributed by atoms with E-state index < -0.39 is 29.3 Å². The van der Waals surface area contributed by atoms with Crippen LogP contribution >= 0.6 is 0 Å². The Morgan fingerprint density at radius 3 is 2.39 bits per heavy atom. The first-order valence-corrected chi connectivity index (χ1v) is 14.2. The summed E-state index contributed by atoms with van der Waals surface area (Å²) in [5.74, 6) is -0.126. The summed E-state index contributed by atoms with van der Waals surface area (Å²) in [6.45, 7) is 17.3. The van der Waals surface area contributed by atoms with Crippen molar-refractivity contribution >= 4 is 11.8 Å². The van der Waals surface area contributed by atoms with Gasteiger partial charge in [0, 0.05) is 24.7 Å². The molecular weight excluding hydrogens is 480 g/mol. The first kappa shape index (κ1) is 32.5. The molecule has 38 heavy (non-hydrogen) atoms. The lowest BCUT2D eigenvalue weighted by molar-refractivity contribution is -0.188. The van der Waals surface area contributed by atoms with Gasteiger partial charge in [-0.2, -0.15) is 0 Å². The molecule has 6 atom stereocenters. The second-order valence-corrected chi connectivity index (χ2v) is 13.2. The van der Waals surface area contributed by atoms with Crippen LogP contribution in [0.5, 0.6) is 0 Å². The molecule has 2 aliphatic carbocycles. The fourth-order valence-electron chi connectivity index (χ4n) is 6.71. The van der Waals surface area contributed by atoms with Crippen LogP contribution in [0.2, 0.25) is 0 Å². The fourth-order valence-corrected chi connectivity index (χ4v) is 6.71. The Bertz CT molecular complexity index is 955. The number of hydrogen-bond acceptors (Lipinski definition) is 6. The van der Waals surface area contributed by atoms with Gasteiger partial charge in [0.25, 0.3) is 0 Å². The van der Waals surface area contributed by atoms with Gasteiger partial charge in [0.05, 0.1) is 18.3 Å². The molecule has 1 fully saturated rings. The SMILES string of the molecule is CC(=O)O[C@@]1(C)CC[C@H](O)C(C)(C)[C@@H]1CCC(C)=CC[C@@H](O)/C=C(\C)[C@@H](O)C[C@@H]1C(C)=CCC(=O)C1(C)C. The van der Waals surface area contributed by atoms with Gasteiger partial charge in [-0.25, -0.2) is 0 Å². The summed E-state index contributed by atoms with van der Waals surface area (Å²) in [6, 6.07) is 0. The number of aliphatic hydroxyl groups excluding tert-OH is 3. The van der Waals surface area contributed by atoms with Crippen LogP contribution in [-0.4, -0.2) is 51.0 Å². The van der Waals surface area contributed by atoms with Crippen LogP contribution in [0, 0.1) is 22.7 Å². The number of ether oxygens (including phenoxy) is 1. The first-order chi connectivity index (χ1) is 17.4. The molecule has 2 rings (SSSR count). The van der Waals surface area contributed by atoms with Crippen LogP contribution in [-0.2, 0) is 14.3 Å². The molecule has 0 aliphatic heterocycles. The van der Waals surface area contributed by atoms with Crippen LogP contribution in [0.4, 0.5) is 0 Å². The second-order valence-electron chi connectivity index (χ2n) is 13.2. The Labute approximate surface area is 230 Å². The number of carbonyl (C=O) groups is 2. The lowest BCUT2D eigenvalue weighted by atomic mass is 9.58. The Balaban J connectivity index is 2.00. The summed E-state index contributed by atoms with van der Waals surface area (Å²) < 4.78 is 5.79. The Morgan fingerprint density at radius 2 is 1.79 bits per heavy atom. The van der Waals surface area contributed by atoms with Crippen molar-refractivity contribution in [1.29, 1.82) is 0 Å². The highest BCUT2D eigenvalue weighted by Crippen LogP contribution is 2.50. The topological polar surface area (TPSA) is 104 Å². The molecule has 0 unspecified atom stereocenters. The largest absolute Gasteiger partial charge is 0.459 e. The van der Waals surface area contributed by atoms with Gasteiger partial charge in [-0.15, -0.1) is 0 Å². The van der Waals surface area contributed by atoms with Gasteiger partial charge in [-0.05, 0) is 83.1 Å². The van der Waals surface area contributed by atoms with Gasteiger partial charge in [0.2, 0.25) is 0 Å². The average molecular weight is 533 g/mol. The maximum Gasteiger partial charge on any atom is 0.303 e. The minimum absolute atomic E-state index is 0.00152. The van der Waals surface area contributed by atoms with Gasteiger partial charge in [-0.3, -0.25) is 9.59 Å². The van der Waals surface area contributed by atoms with Crippen LogP contribution in [0.1, 0.15) is 107 Å². The summed E-state index contributed by atoms with van der Waals surface area (Å²) >= 11 is 0. The molecule has 0 heterocycles. The van der Waals surface area contributed by atoms with Crippen molar-refractivity contribution in [3.8, 4) is 0 Å². The highest BCUT2D eigenvalue weighted by atomic mass is 16.6. The molecule has 0 saturated heterocycles. The molecule has 0 aromatic heterocycles. The van der Waals surface area contributed by atoms with Crippen LogP contribution in [0.3, 0.4) is 0 Å². The smallest absolute Gasteiger partial charge is 0.303 e. The Kier molecular flexibility index (Phi) is 10.8. The van der Waals surface area contributed by atoms with Gasteiger partial charge in [-0.1, -0.05) is 57.1 Å². The maximum absolute atomic E-state index is 12.4. The first-order valence-electron chi connectivity index (χ1n) is 14.2. The summed E-state index contributed by atoms with van der Waals surface area (Å²) in [5, 5.41) is 32.2. The van der Waals surface area contributed by atoms with Crippen molar-refractivity contribution in [3.05, 3.63) is 34.9 Å². The summed E-state index contributed by atoms with van der Waals surface area (Å²) in [7, 11) is 0. The van der Waals surface area contributed by atoms with Crippen molar-refractivity contribution in [1.82, 2.24) is 0 Å². The van der Waals surface area contributed by atoms with E-state index in [0.717, 1.165) is 24.0 Å². The Hall–Kier alpha value is -1.76. The van der Waals surface area contributed by atoms with E-state index in [9.17, 15) is 24.9 Å². The van der Waals surface area contributed by atoms with E-state index in [0.29, 0.717) is 37.7 Å². The number of esters is 1. The van der Waals surface area contributed by atoms with Crippen molar-refractivity contribution in [3.63, 3.8) is 0 Å². The molecule has 0 aromatic rings. The normalized spacial score (nSPS) is 31.4. The van der Waals surface area contributed by atoms with E-state index in [4.69, 9.17) is 4.74 Å². The number of allylic oxidation sites excluding steroid dienone is 3. The van der Waals surface area contributed by atoms with Crippen molar-refractivity contribution in [2.45, 2.75) is 131 Å². The zero-order valence-electron chi connectivity index (χ0n) is 25.1. The third kappa shape index (κ3) is 7.67. The molecule has 0 spiro atoms. The quantitative estimate of drug-likeness (QED) is 0.241. The molecule has 1 saturated carbocycles. The minimum Gasteiger partial charge on any atom is -0.459 e. The molecule has 0 radical (unpaired) electrons. The molecule has 6 nitrogen and oxygen atoms in total. The predicted octanol–water partition coefficient (Wildman–Crippen LogP) is 5.84. The third-order valence-corrected chi connectivity index (χ3v) is 9.51. The number of rotatable bonds is 10. The fraction of sp³-hybridized carbons (Fsp3) is 0.750. The number of ketones is 1. The summed E-state index contributed by atoms with van der Waals surface area (Å²) in [5.41, 5.74) is 1.46. The molecule has 0 amide bonds. The molecule has 216 valence electrons. The van der Waals surface area contributed by atoms with E-state index >= 15 is 0 Å². The van der Waals surface area contributed by atoms with E-state index in [1.165, 1.54) is 6.92 Å². The highest BCUT2D eigenvalue weighted by molar-refractivity contribution is 5.87. The average Bonchev–Trinajstić information content (AvgIpc) is 2.80. The zero-order valence-corrected chi connectivity index (χ0v) is 25.1. The summed E-state index contributed by atoms with van der Waals surface area (Å²) in [6.07, 6.45) is 7.91. The van der Waals surface area contributed by atoms with E-state index in [-0.39, 0.29) is 29.0 Å². The zero-order chi connectivity index (χ0) is 29.1. The lowest BCUT2D eigenvalue weighted by Crippen LogP contribution is -2.55. The molecule has 0 aromatic carbocycles. The lowest BCUT2D eigenvalue weighted by Gasteiger charge is -2.52. The minimum atomic E-state index is -0.729. The van der Waals surface area contributed by atoms with Gasteiger partial charge in [0.1, 0.15) is 11.4 Å². The van der Waals surface area contributed by atoms with E-state index in [1.54, 1.807) is 6.08 Å². The highest BCUT2D eigenvalue weighted by Gasteiger charge is 2.52. The van der Waals surface area contributed by atoms with Crippen LogP contribution < -0.4 is 0 Å². The van der Waals surface area contributed by atoms with Gasteiger partial charge in [0.15, 0.2) is 0 Å². The number of aliphatic hydroxyl groups is 3. The number of hydrogen-bond donors (Lipinski definition) is 3. The van der Waals surface area contributed by atoms with Crippen molar-refractivity contribution in [2.24, 2.45) is 22.7 Å². The number of Topliss-reactive ketones (excluding diaryl/α,β-unsaturated/α-hetero) is 1. The van der Waals surface area contributed by atoms with E-state index in [2.05, 4.69) is 0 Å².